The Morgan fingerprint density at radius 3 is 2.81 bits per heavy atom. The fourth-order valence-corrected chi connectivity index (χ4v) is 1.91. The number of ether oxygens (including phenoxy) is 1. The molecule has 4 heteroatoms. The van der Waals surface area contributed by atoms with Crippen LogP contribution in [0.2, 0.25) is 0 Å². The summed E-state index contributed by atoms with van der Waals surface area (Å²) in [6.07, 6.45) is 2.22. The maximum absolute atomic E-state index is 12.0. The largest absolute Gasteiger partial charge is 0.377 e. The molecule has 0 aromatic heterocycles. The van der Waals surface area contributed by atoms with Crippen molar-refractivity contribution in [2.45, 2.75) is 51.7 Å². The Bertz CT molecular complexity index is 298. The Balaban J connectivity index is 2.62. The monoisotopic (exact) mass is 224 g/mol. The molecule has 1 fully saturated rings. The second-order valence-electron chi connectivity index (χ2n) is 4.50. The van der Waals surface area contributed by atoms with E-state index in [1.165, 1.54) is 0 Å². The van der Waals surface area contributed by atoms with Crippen molar-refractivity contribution in [2.75, 3.05) is 6.61 Å². The lowest BCUT2D eigenvalue weighted by Gasteiger charge is -2.25. The highest BCUT2D eigenvalue weighted by Gasteiger charge is 2.35. The van der Waals surface area contributed by atoms with Gasteiger partial charge in [-0.2, -0.15) is 5.26 Å². The Morgan fingerprint density at radius 1 is 1.62 bits per heavy atom. The van der Waals surface area contributed by atoms with E-state index in [9.17, 15) is 4.79 Å². The fraction of sp³-hybridized carbons (Fsp3) is 0.833. The van der Waals surface area contributed by atoms with Crippen molar-refractivity contribution in [2.24, 2.45) is 5.92 Å². The molecule has 1 saturated heterocycles. The average Bonchev–Trinajstić information content (AvgIpc) is 2.76. The minimum absolute atomic E-state index is 0.0137. The van der Waals surface area contributed by atoms with Crippen LogP contribution in [-0.2, 0) is 9.53 Å². The van der Waals surface area contributed by atoms with Crippen molar-refractivity contribution in [3.8, 4) is 6.07 Å². The zero-order chi connectivity index (χ0) is 12.2. The van der Waals surface area contributed by atoms with Gasteiger partial charge in [0, 0.05) is 6.61 Å². The van der Waals surface area contributed by atoms with E-state index >= 15 is 0 Å². The summed E-state index contributed by atoms with van der Waals surface area (Å²) < 4.78 is 5.47. The SMILES string of the molecule is CCC1OCCC1C(=O)NC(C)(C#N)CC. The molecule has 16 heavy (non-hydrogen) atoms. The van der Waals surface area contributed by atoms with Crippen LogP contribution >= 0.6 is 0 Å². The first-order chi connectivity index (χ1) is 7.56. The Kier molecular flexibility index (Phi) is 4.31. The number of carbonyl (C=O) groups excluding carboxylic acids is 1. The van der Waals surface area contributed by atoms with Crippen molar-refractivity contribution >= 4 is 5.91 Å². The third-order valence-electron chi connectivity index (χ3n) is 3.30. The molecule has 1 aliphatic heterocycles. The van der Waals surface area contributed by atoms with Crippen LogP contribution in [-0.4, -0.2) is 24.2 Å². The lowest BCUT2D eigenvalue weighted by atomic mass is 9.95. The Hall–Kier alpha value is -1.08. The smallest absolute Gasteiger partial charge is 0.227 e. The predicted molar refractivity (Wildman–Crippen MR) is 60.6 cm³/mol. The summed E-state index contributed by atoms with van der Waals surface area (Å²) in [6.45, 7) is 6.30. The van der Waals surface area contributed by atoms with Gasteiger partial charge < -0.3 is 10.1 Å². The molecule has 0 spiro atoms. The summed E-state index contributed by atoms with van der Waals surface area (Å²) >= 11 is 0. The van der Waals surface area contributed by atoms with E-state index in [0.717, 1.165) is 12.8 Å². The maximum atomic E-state index is 12.0. The highest BCUT2D eigenvalue weighted by molar-refractivity contribution is 5.80. The van der Waals surface area contributed by atoms with Gasteiger partial charge in [-0.1, -0.05) is 13.8 Å². The number of rotatable bonds is 4. The molecule has 90 valence electrons. The number of hydrogen-bond donors (Lipinski definition) is 1. The zero-order valence-corrected chi connectivity index (χ0v) is 10.2. The van der Waals surface area contributed by atoms with E-state index < -0.39 is 5.54 Å². The number of nitrogens with zero attached hydrogens (tertiary/aromatic N) is 1. The molecule has 0 aromatic carbocycles. The molecule has 1 heterocycles. The van der Waals surface area contributed by atoms with E-state index in [-0.39, 0.29) is 17.9 Å². The van der Waals surface area contributed by atoms with Crippen LogP contribution in [0.15, 0.2) is 0 Å². The van der Waals surface area contributed by atoms with Crippen LogP contribution in [0, 0.1) is 17.2 Å². The predicted octanol–water partition coefficient (Wildman–Crippen LogP) is 1.61. The summed E-state index contributed by atoms with van der Waals surface area (Å²) in [5.41, 5.74) is -0.752. The van der Waals surface area contributed by atoms with Gasteiger partial charge in [0.1, 0.15) is 5.54 Å². The molecule has 1 rings (SSSR count). The van der Waals surface area contributed by atoms with Gasteiger partial charge in [-0.3, -0.25) is 4.79 Å². The Morgan fingerprint density at radius 2 is 2.31 bits per heavy atom. The summed E-state index contributed by atoms with van der Waals surface area (Å²) in [6, 6.07) is 2.14. The van der Waals surface area contributed by atoms with E-state index in [2.05, 4.69) is 11.4 Å². The van der Waals surface area contributed by atoms with Gasteiger partial charge in [0.15, 0.2) is 0 Å². The standard InChI is InChI=1S/C12H20N2O2/c1-4-10-9(6-7-16-10)11(15)14-12(3,5-2)8-13/h9-10H,4-7H2,1-3H3,(H,14,15). The fourth-order valence-electron chi connectivity index (χ4n) is 1.91. The second-order valence-corrected chi connectivity index (χ2v) is 4.50. The van der Waals surface area contributed by atoms with Crippen LogP contribution in [0.4, 0.5) is 0 Å². The van der Waals surface area contributed by atoms with Gasteiger partial charge in [0.05, 0.1) is 18.1 Å². The number of amides is 1. The third kappa shape index (κ3) is 2.73. The summed E-state index contributed by atoms with van der Waals surface area (Å²) in [5, 5.41) is 11.8. The van der Waals surface area contributed by atoms with Crippen molar-refractivity contribution in [1.29, 1.82) is 5.26 Å². The van der Waals surface area contributed by atoms with E-state index in [1.807, 2.05) is 13.8 Å². The van der Waals surface area contributed by atoms with E-state index in [1.54, 1.807) is 6.92 Å². The van der Waals surface area contributed by atoms with Gasteiger partial charge in [-0.15, -0.1) is 0 Å². The number of nitrogens with one attached hydrogen (secondary N) is 1. The van der Waals surface area contributed by atoms with Crippen molar-refractivity contribution < 1.29 is 9.53 Å². The van der Waals surface area contributed by atoms with Crippen LogP contribution in [0.1, 0.15) is 40.0 Å². The first-order valence-corrected chi connectivity index (χ1v) is 5.91. The van der Waals surface area contributed by atoms with Crippen LogP contribution in [0.25, 0.3) is 0 Å². The van der Waals surface area contributed by atoms with Gasteiger partial charge >= 0.3 is 0 Å². The highest BCUT2D eigenvalue weighted by atomic mass is 16.5. The molecule has 1 aliphatic rings. The van der Waals surface area contributed by atoms with Gasteiger partial charge in [0.2, 0.25) is 5.91 Å². The Labute approximate surface area is 97.0 Å². The minimum atomic E-state index is -0.752. The third-order valence-corrected chi connectivity index (χ3v) is 3.30. The molecular formula is C12H20N2O2. The molecule has 0 radical (unpaired) electrons. The van der Waals surface area contributed by atoms with Crippen molar-refractivity contribution in [3.05, 3.63) is 0 Å². The molecule has 0 aliphatic carbocycles. The lowest BCUT2D eigenvalue weighted by Crippen LogP contribution is -2.48. The summed E-state index contributed by atoms with van der Waals surface area (Å²) in [4.78, 5) is 12.0. The van der Waals surface area contributed by atoms with Crippen LogP contribution in [0.3, 0.4) is 0 Å². The second kappa shape index (κ2) is 5.31. The number of hydrogen-bond acceptors (Lipinski definition) is 3. The molecule has 0 saturated carbocycles. The van der Waals surface area contributed by atoms with Gasteiger partial charge in [-0.25, -0.2) is 0 Å². The summed E-state index contributed by atoms with van der Waals surface area (Å²) in [5.74, 6) is -0.139. The van der Waals surface area contributed by atoms with E-state index in [4.69, 9.17) is 10.00 Å². The number of carbonyl (C=O) groups is 1. The quantitative estimate of drug-likeness (QED) is 0.789. The molecule has 4 nitrogen and oxygen atoms in total. The zero-order valence-electron chi connectivity index (χ0n) is 10.2. The molecule has 0 bridgehead atoms. The molecule has 3 atom stereocenters. The number of nitriles is 1. The normalized spacial score (nSPS) is 28.1. The molecule has 3 unspecified atom stereocenters. The van der Waals surface area contributed by atoms with Crippen molar-refractivity contribution in [3.63, 3.8) is 0 Å². The molecular weight excluding hydrogens is 204 g/mol. The van der Waals surface area contributed by atoms with Crippen molar-refractivity contribution in [1.82, 2.24) is 5.32 Å². The average molecular weight is 224 g/mol. The topological polar surface area (TPSA) is 62.1 Å². The minimum Gasteiger partial charge on any atom is -0.377 e. The molecule has 1 amide bonds. The summed E-state index contributed by atoms with van der Waals surface area (Å²) in [7, 11) is 0. The van der Waals surface area contributed by atoms with Crippen LogP contribution < -0.4 is 5.32 Å². The first-order valence-electron chi connectivity index (χ1n) is 5.91. The van der Waals surface area contributed by atoms with Crippen LogP contribution in [0.5, 0.6) is 0 Å². The van der Waals surface area contributed by atoms with Gasteiger partial charge in [0.25, 0.3) is 0 Å². The molecule has 0 aromatic rings. The lowest BCUT2D eigenvalue weighted by molar-refractivity contribution is -0.128. The maximum Gasteiger partial charge on any atom is 0.227 e. The van der Waals surface area contributed by atoms with Gasteiger partial charge in [-0.05, 0) is 26.2 Å². The first kappa shape index (κ1) is 13.0. The molecule has 1 N–H and O–H groups in total. The highest BCUT2D eigenvalue weighted by Crippen LogP contribution is 2.24. The van der Waals surface area contributed by atoms with E-state index in [0.29, 0.717) is 13.0 Å².